The molecular weight excluding hydrogens is 210 g/mol. The zero-order chi connectivity index (χ0) is 11.7. The van der Waals surface area contributed by atoms with Crippen molar-refractivity contribution in [1.29, 1.82) is 0 Å². The summed E-state index contributed by atoms with van der Waals surface area (Å²) in [4.78, 5) is 0. The third kappa shape index (κ3) is 2.38. The number of nitrogens with one attached hydrogen (secondary N) is 3. The van der Waals surface area contributed by atoms with Crippen molar-refractivity contribution in [3.05, 3.63) is 0 Å². The van der Waals surface area contributed by atoms with E-state index in [0.29, 0.717) is 12.1 Å². The fourth-order valence-corrected chi connectivity index (χ4v) is 4.40. The summed E-state index contributed by atoms with van der Waals surface area (Å²) in [5, 5.41) is 0. The van der Waals surface area contributed by atoms with E-state index in [1.165, 1.54) is 51.4 Å². The first-order chi connectivity index (χ1) is 8.38. The lowest BCUT2D eigenvalue weighted by Gasteiger charge is -2.44. The number of rotatable bonds is 3. The van der Waals surface area contributed by atoms with Crippen molar-refractivity contribution >= 4 is 0 Å². The van der Waals surface area contributed by atoms with E-state index in [4.69, 9.17) is 0 Å². The molecule has 0 aromatic rings. The van der Waals surface area contributed by atoms with Gasteiger partial charge in [0.25, 0.3) is 0 Å². The Morgan fingerprint density at radius 3 is 2.88 bits per heavy atom. The maximum atomic E-state index is 3.45. The highest BCUT2D eigenvalue weighted by Crippen LogP contribution is 2.44. The fourth-order valence-electron chi connectivity index (χ4n) is 4.40. The zero-order valence-electron chi connectivity index (χ0n) is 11.0. The van der Waals surface area contributed by atoms with E-state index in [1.54, 1.807) is 0 Å². The smallest absolute Gasteiger partial charge is 0.0424 e. The summed E-state index contributed by atoms with van der Waals surface area (Å²) in [6, 6.07) is 1.38. The summed E-state index contributed by atoms with van der Waals surface area (Å²) in [5.74, 6) is 2.96. The molecule has 3 N–H and O–H groups in total. The number of hydrogen-bond donors (Lipinski definition) is 3. The molecule has 0 radical (unpaired) electrons. The van der Waals surface area contributed by atoms with Crippen LogP contribution < -0.4 is 16.4 Å². The van der Waals surface area contributed by atoms with Gasteiger partial charge < -0.3 is 0 Å². The SMILES string of the molecule is CCCCC1CCC2C(CCC3NNNC32)C1. The number of hydrazine groups is 2. The lowest BCUT2D eigenvalue weighted by Crippen LogP contribution is -2.49. The molecule has 17 heavy (non-hydrogen) atoms. The normalized spacial score (nSPS) is 45.4. The van der Waals surface area contributed by atoms with Crippen molar-refractivity contribution in [2.75, 3.05) is 0 Å². The second kappa shape index (κ2) is 5.25. The summed E-state index contributed by atoms with van der Waals surface area (Å²) < 4.78 is 0. The monoisotopic (exact) mass is 237 g/mol. The van der Waals surface area contributed by atoms with E-state index >= 15 is 0 Å². The van der Waals surface area contributed by atoms with Gasteiger partial charge in [-0.25, -0.2) is 10.9 Å². The van der Waals surface area contributed by atoms with Crippen molar-refractivity contribution in [3.63, 3.8) is 0 Å². The molecule has 3 rings (SSSR count). The fraction of sp³-hybridized carbons (Fsp3) is 1.00. The third-order valence-corrected chi connectivity index (χ3v) is 5.36. The van der Waals surface area contributed by atoms with Gasteiger partial charge in [0.05, 0.1) is 0 Å². The van der Waals surface area contributed by atoms with Gasteiger partial charge in [0, 0.05) is 12.1 Å². The molecule has 1 heterocycles. The molecule has 0 bridgehead atoms. The van der Waals surface area contributed by atoms with Crippen LogP contribution in [-0.2, 0) is 0 Å². The van der Waals surface area contributed by atoms with E-state index in [1.807, 2.05) is 0 Å². The molecule has 3 fully saturated rings. The molecule has 1 aliphatic heterocycles. The van der Waals surface area contributed by atoms with E-state index in [2.05, 4.69) is 23.3 Å². The minimum absolute atomic E-state index is 0.684. The molecule has 3 nitrogen and oxygen atoms in total. The van der Waals surface area contributed by atoms with E-state index in [9.17, 15) is 0 Å². The van der Waals surface area contributed by atoms with Crippen molar-refractivity contribution in [3.8, 4) is 0 Å². The maximum absolute atomic E-state index is 3.45. The summed E-state index contributed by atoms with van der Waals surface area (Å²) in [6.45, 7) is 2.32. The van der Waals surface area contributed by atoms with Crippen LogP contribution in [-0.4, -0.2) is 12.1 Å². The van der Waals surface area contributed by atoms with Gasteiger partial charge in [-0.1, -0.05) is 32.6 Å². The standard InChI is InChI=1S/C14H27N3/c1-2-3-4-10-5-7-12-11(9-10)6-8-13-14(12)16-17-15-13/h10-17H,2-9H2,1H3. The van der Waals surface area contributed by atoms with Gasteiger partial charge in [0.15, 0.2) is 0 Å². The molecule has 2 saturated carbocycles. The Morgan fingerprint density at radius 1 is 1.06 bits per heavy atom. The Kier molecular flexibility index (Phi) is 3.69. The van der Waals surface area contributed by atoms with Crippen LogP contribution in [0.25, 0.3) is 0 Å². The average molecular weight is 237 g/mol. The number of fused-ring (bicyclic) bond motifs is 3. The molecule has 98 valence electrons. The van der Waals surface area contributed by atoms with Crippen LogP contribution in [0.4, 0.5) is 0 Å². The van der Waals surface area contributed by atoms with E-state index in [0.717, 1.165) is 17.8 Å². The predicted octanol–water partition coefficient (Wildman–Crippen LogP) is 2.35. The molecule has 0 aromatic carbocycles. The maximum Gasteiger partial charge on any atom is 0.0424 e. The molecular formula is C14H27N3. The summed E-state index contributed by atoms with van der Waals surface area (Å²) in [6.07, 6.45) is 11.5. The molecule has 0 spiro atoms. The number of hydrogen-bond acceptors (Lipinski definition) is 3. The van der Waals surface area contributed by atoms with E-state index < -0.39 is 0 Å². The average Bonchev–Trinajstić information content (AvgIpc) is 2.84. The van der Waals surface area contributed by atoms with Crippen LogP contribution in [0, 0.1) is 17.8 Å². The summed E-state index contributed by atoms with van der Waals surface area (Å²) >= 11 is 0. The molecule has 3 aliphatic rings. The molecule has 5 unspecified atom stereocenters. The predicted molar refractivity (Wildman–Crippen MR) is 70.1 cm³/mol. The van der Waals surface area contributed by atoms with Crippen LogP contribution in [0.3, 0.4) is 0 Å². The Hall–Kier alpha value is -0.120. The molecule has 0 aromatic heterocycles. The van der Waals surface area contributed by atoms with Crippen LogP contribution in [0.5, 0.6) is 0 Å². The molecule has 1 saturated heterocycles. The highest BCUT2D eigenvalue weighted by Gasteiger charge is 2.44. The quantitative estimate of drug-likeness (QED) is 0.705. The van der Waals surface area contributed by atoms with Gasteiger partial charge in [-0.3, -0.25) is 0 Å². The summed E-state index contributed by atoms with van der Waals surface area (Å²) in [7, 11) is 0. The van der Waals surface area contributed by atoms with Crippen LogP contribution in [0.2, 0.25) is 0 Å². The van der Waals surface area contributed by atoms with E-state index in [-0.39, 0.29) is 0 Å². The largest absolute Gasteiger partial charge is 0.239 e. The van der Waals surface area contributed by atoms with Crippen LogP contribution in [0.1, 0.15) is 58.3 Å². The van der Waals surface area contributed by atoms with Gasteiger partial charge in [0.2, 0.25) is 0 Å². The van der Waals surface area contributed by atoms with Crippen molar-refractivity contribution in [2.24, 2.45) is 17.8 Å². The van der Waals surface area contributed by atoms with Gasteiger partial charge in [-0.2, -0.15) is 5.53 Å². The van der Waals surface area contributed by atoms with Crippen LogP contribution >= 0.6 is 0 Å². The Bertz CT molecular complexity index is 256. The first kappa shape index (κ1) is 11.9. The number of unbranched alkanes of at least 4 members (excludes halogenated alkanes) is 1. The van der Waals surface area contributed by atoms with Gasteiger partial charge >= 0.3 is 0 Å². The van der Waals surface area contributed by atoms with Crippen LogP contribution in [0.15, 0.2) is 0 Å². The first-order valence-electron chi connectivity index (χ1n) is 7.64. The first-order valence-corrected chi connectivity index (χ1v) is 7.64. The van der Waals surface area contributed by atoms with Crippen molar-refractivity contribution in [2.45, 2.75) is 70.4 Å². The van der Waals surface area contributed by atoms with Gasteiger partial charge in [-0.15, -0.1) is 0 Å². The zero-order valence-corrected chi connectivity index (χ0v) is 11.0. The summed E-state index contributed by atoms with van der Waals surface area (Å²) in [5.41, 5.74) is 9.97. The highest BCUT2D eigenvalue weighted by molar-refractivity contribution is 4.99. The molecule has 0 amide bonds. The lowest BCUT2D eigenvalue weighted by molar-refractivity contribution is 0.0907. The topological polar surface area (TPSA) is 36.1 Å². The molecule has 5 atom stereocenters. The van der Waals surface area contributed by atoms with Crippen molar-refractivity contribution in [1.82, 2.24) is 16.4 Å². The second-order valence-corrected chi connectivity index (χ2v) is 6.37. The molecule has 3 heteroatoms. The minimum Gasteiger partial charge on any atom is -0.239 e. The molecule has 2 aliphatic carbocycles. The Morgan fingerprint density at radius 2 is 2.00 bits per heavy atom. The highest BCUT2D eigenvalue weighted by atomic mass is 15.7. The van der Waals surface area contributed by atoms with Crippen molar-refractivity contribution < 1.29 is 0 Å². The second-order valence-electron chi connectivity index (χ2n) is 6.37. The third-order valence-electron chi connectivity index (χ3n) is 5.36. The van der Waals surface area contributed by atoms with Gasteiger partial charge in [0.1, 0.15) is 0 Å². The Balaban J connectivity index is 1.57. The Labute approximate surface area is 105 Å². The van der Waals surface area contributed by atoms with Gasteiger partial charge in [-0.05, 0) is 43.4 Å². The minimum atomic E-state index is 0.684. The lowest BCUT2D eigenvalue weighted by atomic mass is 9.64.